The summed E-state index contributed by atoms with van der Waals surface area (Å²) in [5.41, 5.74) is 5.24. The van der Waals surface area contributed by atoms with Crippen LogP contribution < -0.4 is 5.73 Å². The Balaban J connectivity index is 2.17. The van der Waals surface area contributed by atoms with E-state index in [1.807, 2.05) is 0 Å². The Morgan fingerprint density at radius 1 is 1.40 bits per heavy atom. The van der Waals surface area contributed by atoms with Gasteiger partial charge in [0, 0.05) is 13.1 Å². The van der Waals surface area contributed by atoms with Crippen LogP contribution in [0.5, 0.6) is 0 Å². The van der Waals surface area contributed by atoms with E-state index in [2.05, 4.69) is 0 Å². The fraction of sp³-hybridized carbons (Fsp3) is 0.538. The van der Waals surface area contributed by atoms with E-state index in [-0.39, 0.29) is 16.5 Å². The summed E-state index contributed by atoms with van der Waals surface area (Å²) < 4.78 is 39.3. The lowest BCUT2D eigenvalue weighted by Gasteiger charge is -2.32. The van der Waals surface area contributed by atoms with Gasteiger partial charge < -0.3 is 10.8 Å². The van der Waals surface area contributed by atoms with Crippen LogP contribution in [0.25, 0.3) is 0 Å². The first-order valence-corrected chi connectivity index (χ1v) is 7.99. The molecule has 1 fully saturated rings. The summed E-state index contributed by atoms with van der Waals surface area (Å²) in [6, 6.07) is 3.43. The highest BCUT2D eigenvalue weighted by molar-refractivity contribution is 7.89. The third-order valence-electron chi connectivity index (χ3n) is 3.79. The minimum Gasteiger partial charge on any atom is -0.396 e. The highest BCUT2D eigenvalue weighted by atomic mass is 32.2. The minimum atomic E-state index is -3.65. The highest BCUT2D eigenvalue weighted by Gasteiger charge is 2.31. The number of nitrogens with zero attached hydrogens (tertiary/aromatic N) is 1. The molecule has 1 aliphatic rings. The van der Waals surface area contributed by atoms with E-state index < -0.39 is 21.9 Å². The fourth-order valence-electron chi connectivity index (χ4n) is 2.43. The van der Waals surface area contributed by atoms with Gasteiger partial charge in [0.05, 0.1) is 16.7 Å². The smallest absolute Gasteiger partial charge is 0.243 e. The predicted molar refractivity (Wildman–Crippen MR) is 74.0 cm³/mol. The number of hydrogen-bond acceptors (Lipinski definition) is 4. The summed E-state index contributed by atoms with van der Waals surface area (Å²) in [7, 11) is -3.65. The van der Waals surface area contributed by atoms with Crippen LogP contribution in [0.3, 0.4) is 0 Å². The van der Waals surface area contributed by atoms with Gasteiger partial charge in [-0.05, 0) is 43.9 Å². The average molecular weight is 302 g/mol. The van der Waals surface area contributed by atoms with E-state index in [9.17, 15) is 17.9 Å². The lowest BCUT2D eigenvalue weighted by molar-refractivity contribution is 0.0912. The Labute approximate surface area is 118 Å². The maximum atomic E-state index is 13.1. The van der Waals surface area contributed by atoms with Crippen molar-refractivity contribution in [3.05, 3.63) is 24.0 Å². The normalized spacial score (nSPS) is 19.9. The van der Waals surface area contributed by atoms with Crippen LogP contribution in [0.1, 0.15) is 19.8 Å². The maximum Gasteiger partial charge on any atom is 0.243 e. The first-order valence-electron chi connectivity index (χ1n) is 6.55. The molecule has 0 amide bonds. The highest BCUT2D eigenvalue weighted by Crippen LogP contribution is 2.26. The molecule has 2 rings (SSSR count). The van der Waals surface area contributed by atoms with Crippen LogP contribution in [-0.2, 0) is 10.0 Å². The van der Waals surface area contributed by atoms with Gasteiger partial charge in [0.1, 0.15) is 5.82 Å². The van der Waals surface area contributed by atoms with Gasteiger partial charge in [0.25, 0.3) is 0 Å². The lowest BCUT2D eigenvalue weighted by atomic mass is 9.93. The molecular formula is C13H19FN2O3S. The summed E-state index contributed by atoms with van der Waals surface area (Å²) in [5, 5.41) is 9.52. The zero-order valence-electron chi connectivity index (χ0n) is 11.3. The van der Waals surface area contributed by atoms with Gasteiger partial charge >= 0.3 is 0 Å². The number of rotatable bonds is 3. The van der Waals surface area contributed by atoms with E-state index in [0.29, 0.717) is 25.9 Å². The van der Waals surface area contributed by atoms with Gasteiger partial charge in [-0.25, -0.2) is 12.8 Å². The van der Waals surface area contributed by atoms with Crippen LogP contribution in [0, 0.1) is 11.7 Å². The van der Waals surface area contributed by atoms with Crippen molar-refractivity contribution in [2.75, 3.05) is 18.8 Å². The number of hydrogen-bond donors (Lipinski definition) is 2. The Hall–Kier alpha value is -1.18. The molecule has 1 aromatic carbocycles. The molecule has 20 heavy (non-hydrogen) atoms. The second-order valence-corrected chi connectivity index (χ2v) is 7.10. The molecule has 3 N–H and O–H groups in total. The fourth-order valence-corrected chi connectivity index (χ4v) is 3.94. The second kappa shape index (κ2) is 5.67. The van der Waals surface area contributed by atoms with Crippen molar-refractivity contribution in [2.24, 2.45) is 5.92 Å². The largest absolute Gasteiger partial charge is 0.396 e. The van der Waals surface area contributed by atoms with Gasteiger partial charge in [-0.15, -0.1) is 0 Å². The molecule has 1 unspecified atom stereocenters. The number of aliphatic hydroxyl groups is 1. The summed E-state index contributed by atoms with van der Waals surface area (Å²) >= 11 is 0. The van der Waals surface area contributed by atoms with Crippen molar-refractivity contribution in [2.45, 2.75) is 30.8 Å². The number of nitrogen functional groups attached to an aromatic ring is 1. The maximum absolute atomic E-state index is 13.1. The van der Waals surface area contributed by atoms with Crippen molar-refractivity contribution in [1.29, 1.82) is 0 Å². The number of piperidine rings is 1. The van der Waals surface area contributed by atoms with Crippen molar-refractivity contribution in [3.63, 3.8) is 0 Å². The number of aliphatic hydroxyl groups excluding tert-OH is 1. The summed E-state index contributed by atoms with van der Waals surface area (Å²) in [5.74, 6) is -0.503. The standard InChI is InChI=1S/C13H19FN2O3S/c1-9(17)10-4-6-16(7-5-10)20(18,19)11-2-3-12(14)13(15)8-11/h2-3,8-10,17H,4-7,15H2,1H3. The summed E-state index contributed by atoms with van der Waals surface area (Å²) in [4.78, 5) is 0.00639. The molecule has 1 atom stereocenters. The predicted octanol–water partition coefficient (Wildman–Crippen LogP) is 1.19. The van der Waals surface area contributed by atoms with Crippen LogP contribution in [0.2, 0.25) is 0 Å². The molecular weight excluding hydrogens is 283 g/mol. The molecule has 0 bridgehead atoms. The van der Waals surface area contributed by atoms with Crippen molar-refractivity contribution >= 4 is 15.7 Å². The number of sulfonamides is 1. The van der Waals surface area contributed by atoms with E-state index in [1.165, 1.54) is 10.4 Å². The number of halogens is 1. The number of anilines is 1. The Morgan fingerprint density at radius 2 is 2.00 bits per heavy atom. The van der Waals surface area contributed by atoms with Gasteiger partial charge in [-0.1, -0.05) is 0 Å². The van der Waals surface area contributed by atoms with E-state index in [0.717, 1.165) is 12.1 Å². The first kappa shape index (κ1) is 15.2. The molecule has 5 nitrogen and oxygen atoms in total. The topological polar surface area (TPSA) is 83.6 Å². The molecule has 7 heteroatoms. The molecule has 1 heterocycles. The zero-order chi connectivity index (χ0) is 14.9. The van der Waals surface area contributed by atoms with Gasteiger partial charge in [-0.2, -0.15) is 4.31 Å². The average Bonchev–Trinajstić information content (AvgIpc) is 2.41. The minimum absolute atomic E-state index is 0.00639. The van der Waals surface area contributed by atoms with Crippen molar-refractivity contribution in [1.82, 2.24) is 4.31 Å². The number of nitrogens with two attached hydrogens (primary N) is 1. The Morgan fingerprint density at radius 3 is 2.50 bits per heavy atom. The zero-order valence-corrected chi connectivity index (χ0v) is 12.1. The molecule has 1 aliphatic heterocycles. The molecule has 1 aromatic rings. The number of benzene rings is 1. The van der Waals surface area contributed by atoms with E-state index in [1.54, 1.807) is 6.92 Å². The molecule has 1 saturated heterocycles. The van der Waals surface area contributed by atoms with Gasteiger partial charge in [0.15, 0.2) is 0 Å². The van der Waals surface area contributed by atoms with Gasteiger partial charge in [0.2, 0.25) is 10.0 Å². The third kappa shape index (κ3) is 2.94. The second-order valence-electron chi connectivity index (χ2n) is 5.17. The van der Waals surface area contributed by atoms with Crippen LogP contribution >= 0.6 is 0 Å². The van der Waals surface area contributed by atoms with Crippen molar-refractivity contribution < 1.29 is 17.9 Å². The Bertz CT molecular complexity index is 581. The molecule has 0 aliphatic carbocycles. The van der Waals surface area contributed by atoms with E-state index in [4.69, 9.17) is 5.73 Å². The third-order valence-corrected chi connectivity index (χ3v) is 5.68. The lowest BCUT2D eigenvalue weighted by Crippen LogP contribution is -2.40. The quantitative estimate of drug-likeness (QED) is 0.822. The van der Waals surface area contributed by atoms with E-state index >= 15 is 0 Å². The first-order chi connectivity index (χ1) is 9.32. The monoisotopic (exact) mass is 302 g/mol. The van der Waals surface area contributed by atoms with Crippen LogP contribution in [0.4, 0.5) is 10.1 Å². The SMILES string of the molecule is CC(O)C1CCN(S(=O)(=O)c2ccc(F)c(N)c2)CC1. The van der Waals surface area contributed by atoms with Crippen LogP contribution in [-0.4, -0.2) is 37.0 Å². The summed E-state index contributed by atoms with van der Waals surface area (Å²) in [6.07, 6.45) is 0.808. The molecule has 0 aromatic heterocycles. The molecule has 0 saturated carbocycles. The molecule has 0 spiro atoms. The van der Waals surface area contributed by atoms with Crippen molar-refractivity contribution in [3.8, 4) is 0 Å². The molecule has 112 valence electrons. The summed E-state index contributed by atoms with van der Waals surface area (Å²) in [6.45, 7) is 2.43. The van der Waals surface area contributed by atoms with Crippen LogP contribution in [0.15, 0.2) is 23.1 Å². The molecule has 0 radical (unpaired) electrons. The van der Waals surface area contributed by atoms with Gasteiger partial charge in [-0.3, -0.25) is 0 Å². The Kier molecular flexibility index (Phi) is 4.31.